The van der Waals surface area contributed by atoms with Crippen LogP contribution in [0, 0.1) is 0 Å². The number of ether oxygens (including phenoxy) is 3. The summed E-state index contributed by atoms with van der Waals surface area (Å²) in [6.07, 6.45) is 115. The number of aliphatic hydroxyl groups is 2. The molecule has 0 aliphatic carbocycles. The van der Waals surface area contributed by atoms with Crippen LogP contribution >= 0.6 is 15.6 Å². The molecule has 115 heavy (non-hydrogen) atoms. The second-order valence-corrected chi connectivity index (χ2v) is 32.5. The van der Waals surface area contributed by atoms with E-state index in [-0.39, 0.29) is 19.3 Å². The van der Waals surface area contributed by atoms with Crippen molar-refractivity contribution in [3.05, 3.63) is 182 Å². The molecule has 0 aliphatic rings. The Morgan fingerprint density at radius 2 is 0.435 bits per heavy atom. The molecule has 0 saturated heterocycles. The summed E-state index contributed by atoms with van der Waals surface area (Å²) in [5.74, 6) is -1.59. The lowest BCUT2D eigenvalue weighted by atomic mass is 10.0. The molecule has 0 aromatic heterocycles. The van der Waals surface area contributed by atoms with Crippen LogP contribution in [0.2, 0.25) is 0 Å². The maximum absolute atomic E-state index is 13.1. The van der Waals surface area contributed by atoms with Crippen molar-refractivity contribution in [2.24, 2.45) is 0 Å². The van der Waals surface area contributed by atoms with Crippen LogP contribution in [0.15, 0.2) is 182 Å². The number of unbranched alkanes of at least 4 members (excludes halogenated alkanes) is 31. The lowest BCUT2D eigenvalue weighted by Crippen LogP contribution is -2.30. The molecule has 18 heteroatoms. The zero-order chi connectivity index (χ0) is 83.6. The van der Waals surface area contributed by atoms with E-state index < -0.39 is 91.5 Å². The molecule has 656 valence electrons. The van der Waals surface area contributed by atoms with E-state index >= 15 is 0 Å². The van der Waals surface area contributed by atoms with E-state index in [1.807, 2.05) is 0 Å². The van der Waals surface area contributed by atoms with Crippen LogP contribution in [-0.4, -0.2) is 95.9 Å². The van der Waals surface area contributed by atoms with Crippen molar-refractivity contribution < 1.29 is 75.8 Å². The number of hydrogen-bond acceptors (Lipinski definition) is 14. The Morgan fingerprint density at radius 3 is 0.687 bits per heavy atom. The van der Waals surface area contributed by atoms with Gasteiger partial charge in [0.15, 0.2) is 6.10 Å². The summed E-state index contributed by atoms with van der Waals surface area (Å²) in [6, 6.07) is 0. The molecule has 0 aromatic carbocycles. The van der Waals surface area contributed by atoms with Crippen LogP contribution in [-0.2, 0) is 55.8 Å². The first kappa shape index (κ1) is 110. The van der Waals surface area contributed by atoms with Gasteiger partial charge in [-0.2, -0.15) is 0 Å². The predicted octanol–water partition coefficient (Wildman–Crippen LogP) is 27.7. The Morgan fingerprint density at radius 1 is 0.243 bits per heavy atom. The van der Waals surface area contributed by atoms with Crippen molar-refractivity contribution in [3.8, 4) is 0 Å². The molecule has 0 spiro atoms. The highest BCUT2D eigenvalue weighted by Crippen LogP contribution is 2.45. The molecule has 5 unspecified atom stereocenters. The van der Waals surface area contributed by atoms with E-state index in [1.165, 1.54) is 103 Å². The van der Waals surface area contributed by atoms with Gasteiger partial charge in [0.2, 0.25) is 0 Å². The van der Waals surface area contributed by atoms with Gasteiger partial charge in [-0.3, -0.25) is 32.5 Å². The zero-order valence-electron chi connectivity index (χ0n) is 72.1. The fraction of sp³-hybridized carbons (Fsp3) is 0.660. The molecule has 5 atom stereocenters. The molecule has 0 bridgehead atoms. The molecular formula is C97H162O16P2. The Balaban J connectivity index is 4.63. The maximum Gasteiger partial charge on any atom is 0.472 e. The molecule has 0 saturated carbocycles. The van der Waals surface area contributed by atoms with Crippen molar-refractivity contribution in [3.63, 3.8) is 0 Å². The largest absolute Gasteiger partial charge is 0.472 e. The standard InChI is InChI=1S/C97H162O16P2/c1-4-7-10-13-16-19-22-25-28-31-34-37-40-42-43-44-45-46-47-49-52-53-56-59-62-65-68-71-74-77-80-83-95(100)107-86-92(98)87-109-114(103,104)110-88-93(99)89-111-115(105,106)112-91-94(113-97(102)85-82-79-76-73-70-67-64-61-58-55-50-39-36-33-30-27-24-21-18-15-12-9-6-3)90-108-96(101)84-81-78-75-72-69-66-63-60-57-54-51-48-41-38-35-32-29-26-23-20-17-14-11-8-5-2/h7-12,16-21,25-30,34-39,42-43,48,51,55,58,92-94,98-99H,4-6,13-15,22-24,31-33,40-41,44-47,49-50,52-54,56-57,59-91H2,1-3H3,(H,103,104)(H,105,106)/b10-7-,11-8-,12-9-,19-16-,20-17-,21-18-,28-25-,29-26-,30-27-,37-34-,38-35-,39-36-,43-42-,51-48-,58-55-. The Kier molecular flexibility index (Phi) is 83.9. The number of rotatable bonds is 84. The lowest BCUT2D eigenvalue weighted by molar-refractivity contribution is -0.161. The highest BCUT2D eigenvalue weighted by atomic mass is 31.2. The molecule has 0 aliphatic heterocycles. The van der Waals surface area contributed by atoms with Crippen molar-refractivity contribution in [1.29, 1.82) is 0 Å². The summed E-state index contributed by atoms with van der Waals surface area (Å²) in [4.78, 5) is 59.0. The van der Waals surface area contributed by atoms with Crippen LogP contribution in [0.5, 0.6) is 0 Å². The van der Waals surface area contributed by atoms with Crippen LogP contribution in [0.4, 0.5) is 0 Å². The summed E-state index contributed by atoms with van der Waals surface area (Å²) >= 11 is 0. The number of carbonyl (C=O) groups is 3. The second-order valence-electron chi connectivity index (χ2n) is 29.6. The van der Waals surface area contributed by atoms with Crippen molar-refractivity contribution in [2.75, 3.05) is 39.6 Å². The normalized spacial score (nSPS) is 14.7. The minimum Gasteiger partial charge on any atom is -0.463 e. The number of phosphoric acid groups is 2. The quantitative estimate of drug-likeness (QED) is 0.0146. The summed E-state index contributed by atoms with van der Waals surface area (Å²) in [6.45, 7) is 2.35. The van der Waals surface area contributed by atoms with Gasteiger partial charge in [0.1, 0.15) is 25.4 Å². The minimum atomic E-state index is -4.95. The highest BCUT2D eigenvalue weighted by molar-refractivity contribution is 7.47. The van der Waals surface area contributed by atoms with E-state index in [9.17, 15) is 43.5 Å². The lowest BCUT2D eigenvalue weighted by Gasteiger charge is -2.21. The third-order valence-corrected chi connectivity index (χ3v) is 20.5. The molecule has 4 N–H and O–H groups in total. The van der Waals surface area contributed by atoms with Crippen molar-refractivity contribution >= 4 is 33.6 Å². The Labute approximate surface area is 700 Å². The van der Waals surface area contributed by atoms with Crippen LogP contribution in [0.3, 0.4) is 0 Å². The van der Waals surface area contributed by atoms with Gasteiger partial charge >= 0.3 is 33.6 Å². The molecule has 0 aromatic rings. The molecular weight excluding hydrogens is 1480 g/mol. The first-order valence-electron chi connectivity index (χ1n) is 45.1. The molecule has 0 heterocycles. The smallest absolute Gasteiger partial charge is 0.463 e. The van der Waals surface area contributed by atoms with Gasteiger partial charge in [-0.1, -0.05) is 364 Å². The van der Waals surface area contributed by atoms with Crippen LogP contribution in [0.25, 0.3) is 0 Å². The van der Waals surface area contributed by atoms with E-state index in [2.05, 4.69) is 203 Å². The number of hydrogen-bond donors (Lipinski definition) is 4. The molecule has 0 amide bonds. The van der Waals surface area contributed by atoms with Crippen molar-refractivity contribution in [2.45, 2.75) is 373 Å². The van der Waals surface area contributed by atoms with Gasteiger partial charge in [-0.05, 0) is 154 Å². The summed E-state index contributed by atoms with van der Waals surface area (Å²) in [5.41, 5.74) is 0. The summed E-state index contributed by atoms with van der Waals surface area (Å²) in [5, 5.41) is 20.7. The second kappa shape index (κ2) is 87.9. The summed E-state index contributed by atoms with van der Waals surface area (Å²) < 4.78 is 61.5. The van der Waals surface area contributed by atoms with Gasteiger partial charge < -0.3 is 34.2 Å². The minimum absolute atomic E-state index is 0.0843. The van der Waals surface area contributed by atoms with Crippen LogP contribution in [0.1, 0.15) is 355 Å². The van der Waals surface area contributed by atoms with Gasteiger partial charge in [0.25, 0.3) is 0 Å². The molecule has 16 nitrogen and oxygen atoms in total. The Bertz CT molecular complexity index is 2820. The topological polar surface area (TPSA) is 231 Å². The van der Waals surface area contributed by atoms with E-state index in [0.29, 0.717) is 19.3 Å². The number of phosphoric ester groups is 2. The molecule has 0 radical (unpaired) electrons. The van der Waals surface area contributed by atoms with Gasteiger partial charge in [-0.15, -0.1) is 0 Å². The van der Waals surface area contributed by atoms with E-state index in [0.717, 1.165) is 193 Å². The maximum atomic E-state index is 13.1. The van der Waals surface area contributed by atoms with Gasteiger partial charge in [0, 0.05) is 19.3 Å². The predicted molar refractivity (Wildman–Crippen MR) is 481 cm³/mol. The average molecular weight is 1650 g/mol. The SMILES string of the molecule is CC/C=C\C/C=C\C/C=C\C/C=C\C/C=C\CCCCCCCCCCCCCCCCCC(=O)OCC(O)COP(=O)(O)OCC(O)COP(=O)(O)OCC(COC(=O)CCCCCCCCCCC/C=C\C/C=C\C/C=C\C/C=C\C/C=C\CC)OC(=O)CCCCCCCCC/C=C\C/C=C\C/C=C\C/C=C\C/C=C\CC. The van der Waals surface area contributed by atoms with Crippen molar-refractivity contribution in [1.82, 2.24) is 0 Å². The fourth-order valence-corrected chi connectivity index (χ4v) is 13.5. The molecule has 0 rings (SSSR count). The third kappa shape index (κ3) is 89.3. The van der Waals surface area contributed by atoms with E-state index in [1.54, 1.807) is 0 Å². The summed E-state index contributed by atoms with van der Waals surface area (Å²) in [7, 11) is -9.82. The first-order valence-corrected chi connectivity index (χ1v) is 48.1. The average Bonchev–Trinajstić information content (AvgIpc) is 0.903. The highest BCUT2D eigenvalue weighted by Gasteiger charge is 2.29. The number of carbonyl (C=O) groups excluding carboxylic acids is 3. The third-order valence-electron chi connectivity index (χ3n) is 18.6. The van der Waals surface area contributed by atoms with E-state index in [4.69, 9.17) is 32.3 Å². The molecule has 0 fully saturated rings. The monoisotopic (exact) mass is 1650 g/mol. The number of allylic oxidation sites excluding steroid dienone is 30. The zero-order valence-corrected chi connectivity index (χ0v) is 73.9. The van der Waals surface area contributed by atoms with Gasteiger partial charge in [-0.25, -0.2) is 9.13 Å². The van der Waals surface area contributed by atoms with Gasteiger partial charge in [0.05, 0.1) is 26.4 Å². The number of aliphatic hydroxyl groups excluding tert-OH is 2. The van der Waals surface area contributed by atoms with Crippen LogP contribution < -0.4 is 0 Å². The Hall–Kier alpha value is -5.35. The first-order chi connectivity index (χ1) is 56.2. The number of esters is 3. The fourth-order valence-electron chi connectivity index (χ4n) is 11.9.